The Morgan fingerprint density at radius 1 is 1.07 bits per heavy atom. The predicted octanol–water partition coefficient (Wildman–Crippen LogP) is 3.69. The summed E-state index contributed by atoms with van der Waals surface area (Å²) in [6, 6.07) is 3.63. The lowest BCUT2D eigenvalue weighted by molar-refractivity contribution is 0.394. The van der Waals surface area contributed by atoms with Gasteiger partial charge in [0.1, 0.15) is 11.5 Å². The van der Waals surface area contributed by atoms with Gasteiger partial charge in [-0.25, -0.2) is 0 Å². The summed E-state index contributed by atoms with van der Waals surface area (Å²) in [6.07, 6.45) is 0. The van der Waals surface area contributed by atoms with Gasteiger partial charge in [-0.15, -0.1) is 0 Å². The minimum atomic E-state index is 0.637. The normalized spacial score (nSPS) is 8.71. The highest BCUT2D eigenvalue weighted by Gasteiger charge is 2.05. The SMILES string of the molecule is CC.COc1cc(C)c(Cl)c(OC)c1. The fraction of sp³-hybridized carbons (Fsp3) is 0.455. The number of aryl methyl sites for hydroxylation is 1. The summed E-state index contributed by atoms with van der Waals surface area (Å²) in [5, 5.41) is 0.637. The van der Waals surface area contributed by atoms with Gasteiger partial charge in [-0.05, 0) is 18.6 Å². The molecule has 0 bridgehead atoms. The van der Waals surface area contributed by atoms with Gasteiger partial charge in [0.25, 0.3) is 0 Å². The molecule has 0 spiro atoms. The van der Waals surface area contributed by atoms with E-state index in [9.17, 15) is 0 Å². The van der Waals surface area contributed by atoms with E-state index in [-0.39, 0.29) is 0 Å². The first-order valence-corrected chi connectivity index (χ1v) is 4.95. The second-order valence-electron chi connectivity index (χ2n) is 2.46. The zero-order valence-electron chi connectivity index (χ0n) is 9.35. The molecule has 0 radical (unpaired) electrons. The molecule has 1 aromatic carbocycles. The molecule has 14 heavy (non-hydrogen) atoms. The summed E-state index contributed by atoms with van der Waals surface area (Å²) >= 11 is 5.94. The Bertz CT molecular complexity index is 285. The minimum absolute atomic E-state index is 0.637. The molecule has 0 atom stereocenters. The maximum atomic E-state index is 5.94. The van der Waals surface area contributed by atoms with Crippen molar-refractivity contribution in [3.05, 3.63) is 22.7 Å². The van der Waals surface area contributed by atoms with Crippen LogP contribution in [0.1, 0.15) is 19.4 Å². The Kier molecular flexibility index (Phi) is 6.13. The molecule has 80 valence electrons. The summed E-state index contributed by atoms with van der Waals surface area (Å²) in [4.78, 5) is 0. The minimum Gasteiger partial charge on any atom is -0.497 e. The molecule has 0 fully saturated rings. The number of benzene rings is 1. The van der Waals surface area contributed by atoms with Crippen LogP contribution in [0.3, 0.4) is 0 Å². The number of rotatable bonds is 2. The lowest BCUT2D eigenvalue weighted by Crippen LogP contribution is -1.89. The third-order valence-electron chi connectivity index (χ3n) is 1.65. The van der Waals surface area contributed by atoms with Crippen LogP contribution in [0.5, 0.6) is 11.5 Å². The predicted molar refractivity (Wildman–Crippen MR) is 60.6 cm³/mol. The Morgan fingerprint density at radius 2 is 1.64 bits per heavy atom. The molecule has 0 saturated heterocycles. The quantitative estimate of drug-likeness (QED) is 0.751. The molecule has 0 saturated carbocycles. The maximum Gasteiger partial charge on any atom is 0.141 e. The number of hydrogen-bond donors (Lipinski definition) is 0. The second-order valence-corrected chi connectivity index (χ2v) is 2.84. The first kappa shape index (κ1) is 13.1. The van der Waals surface area contributed by atoms with Crippen molar-refractivity contribution in [1.82, 2.24) is 0 Å². The summed E-state index contributed by atoms with van der Waals surface area (Å²) < 4.78 is 10.1. The number of halogens is 1. The van der Waals surface area contributed by atoms with E-state index < -0.39 is 0 Å². The average Bonchev–Trinajstić information content (AvgIpc) is 2.24. The van der Waals surface area contributed by atoms with Crippen LogP contribution < -0.4 is 9.47 Å². The van der Waals surface area contributed by atoms with Crippen molar-refractivity contribution in [3.63, 3.8) is 0 Å². The van der Waals surface area contributed by atoms with Crippen molar-refractivity contribution in [2.45, 2.75) is 20.8 Å². The lowest BCUT2D eigenvalue weighted by Gasteiger charge is -2.08. The molecule has 1 rings (SSSR count). The Hall–Kier alpha value is -0.890. The van der Waals surface area contributed by atoms with E-state index in [1.165, 1.54) is 0 Å². The molecule has 0 N–H and O–H groups in total. The monoisotopic (exact) mass is 216 g/mol. The summed E-state index contributed by atoms with van der Waals surface area (Å²) in [7, 11) is 3.20. The molecule has 2 nitrogen and oxygen atoms in total. The van der Waals surface area contributed by atoms with E-state index >= 15 is 0 Å². The highest BCUT2D eigenvalue weighted by molar-refractivity contribution is 6.32. The van der Waals surface area contributed by atoms with Crippen molar-refractivity contribution in [1.29, 1.82) is 0 Å². The fourth-order valence-corrected chi connectivity index (χ4v) is 1.16. The first-order chi connectivity index (χ1) is 6.69. The van der Waals surface area contributed by atoms with Crippen LogP contribution in [-0.4, -0.2) is 14.2 Å². The van der Waals surface area contributed by atoms with Gasteiger partial charge in [-0.3, -0.25) is 0 Å². The number of methoxy groups -OCH3 is 2. The molecule has 0 unspecified atom stereocenters. The lowest BCUT2D eigenvalue weighted by atomic mass is 10.2. The van der Waals surface area contributed by atoms with Gasteiger partial charge in [0.05, 0.1) is 19.2 Å². The van der Waals surface area contributed by atoms with E-state index in [1.807, 2.05) is 26.8 Å². The van der Waals surface area contributed by atoms with Gasteiger partial charge in [-0.2, -0.15) is 0 Å². The molecular weight excluding hydrogens is 200 g/mol. The Morgan fingerprint density at radius 3 is 2.07 bits per heavy atom. The standard InChI is InChI=1S/C9H11ClO2.C2H6/c1-6-4-7(11-2)5-8(12-3)9(6)10;1-2/h4-5H,1-3H3;1-2H3. The molecule has 0 amide bonds. The molecule has 0 aliphatic heterocycles. The fourth-order valence-electron chi connectivity index (χ4n) is 0.972. The van der Waals surface area contributed by atoms with Crippen LogP contribution in [0.4, 0.5) is 0 Å². The third-order valence-corrected chi connectivity index (χ3v) is 2.13. The molecule has 0 aromatic heterocycles. The Balaban J connectivity index is 0.000000791. The summed E-state index contributed by atoms with van der Waals surface area (Å²) in [5.41, 5.74) is 0.952. The van der Waals surface area contributed by atoms with Gasteiger partial charge in [0.15, 0.2) is 0 Å². The highest BCUT2D eigenvalue weighted by atomic mass is 35.5. The van der Waals surface area contributed by atoms with Crippen molar-refractivity contribution >= 4 is 11.6 Å². The van der Waals surface area contributed by atoms with E-state index in [1.54, 1.807) is 20.3 Å². The van der Waals surface area contributed by atoms with Crippen LogP contribution in [0.15, 0.2) is 12.1 Å². The first-order valence-electron chi connectivity index (χ1n) is 4.57. The van der Waals surface area contributed by atoms with E-state index in [4.69, 9.17) is 21.1 Å². The van der Waals surface area contributed by atoms with Gasteiger partial charge in [0.2, 0.25) is 0 Å². The van der Waals surface area contributed by atoms with Crippen molar-refractivity contribution in [2.24, 2.45) is 0 Å². The average molecular weight is 217 g/mol. The Labute approximate surface area is 90.8 Å². The van der Waals surface area contributed by atoms with Gasteiger partial charge >= 0.3 is 0 Å². The van der Waals surface area contributed by atoms with Gasteiger partial charge in [0, 0.05) is 6.07 Å². The van der Waals surface area contributed by atoms with E-state index in [0.717, 1.165) is 11.3 Å². The van der Waals surface area contributed by atoms with Crippen LogP contribution in [0, 0.1) is 6.92 Å². The smallest absolute Gasteiger partial charge is 0.141 e. The molecule has 3 heteroatoms. The maximum absolute atomic E-state index is 5.94. The largest absolute Gasteiger partial charge is 0.497 e. The van der Waals surface area contributed by atoms with Crippen LogP contribution in [0.2, 0.25) is 5.02 Å². The summed E-state index contributed by atoms with van der Waals surface area (Å²) in [5.74, 6) is 1.40. The highest BCUT2D eigenvalue weighted by Crippen LogP contribution is 2.32. The molecular formula is C11H17ClO2. The van der Waals surface area contributed by atoms with Crippen molar-refractivity contribution in [2.75, 3.05) is 14.2 Å². The van der Waals surface area contributed by atoms with Crippen LogP contribution in [-0.2, 0) is 0 Å². The third kappa shape index (κ3) is 3.11. The van der Waals surface area contributed by atoms with Crippen LogP contribution in [0.25, 0.3) is 0 Å². The number of hydrogen-bond acceptors (Lipinski definition) is 2. The van der Waals surface area contributed by atoms with E-state index in [0.29, 0.717) is 10.8 Å². The van der Waals surface area contributed by atoms with Gasteiger partial charge < -0.3 is 9.47 Å². The summed E-state index contributed by atoms with van der Waals surface area (Å²) in [6.45, 7) is 5.91. The topological polar surface area (TPSA) is 18.5 Å². The zero-order chi connectivity index (χ0) is 11.1. The van der Waals surface area contributed by atoms with E-state index in [2.05, 4.69) is 0 Å². The molecule has 0 heterocycles. The zero-order valence-corrected chi connectivity index (χ0v) is 10.1. The van der Waals surface area contributed by atoms with Crippen LogP contribution >= 0.6 is 11.6 Å². The molecule has 0 aliphatic carbocycles. The molecule has 0 aliphatic rings. The molecule has 1 aromatic rings. The van der Waals surface area contributed by atoms with Crippen molar-refractivity contribution < 1.29 is 9.47 Å². The second kappa shape index (κ2) is 6.55. The number of ether oxygens (including phenoxy) is 2. The van der Waals surface area contributed by atoms with Gasteiger partial charge in [-0.1, -0.05) is 25.4 Å². The van der Waals surface area contributed by atoms with Crippen molar-refractivity contribution in [3.8, 4) is 11.5 Å².